The van der Waals surface area contributed by atoms with Gasteiger partial charge in [-0.05, 0) is 25.0 Å². The Labute approximate surface area is 190 Å². The van der Waals surface area contributed by atoms with E-state index in [2.05, 4.69) is 70.8 Å². The Hall–Kier alpha value is -2.42. The summed E-state index contributed by atoms with van der Waals surface area (Å²) < 4.78 is 1.99. The van der Waals surface area contributed by atoms with E-state index in [9.17, 15) is 0 Å². The Morgan fingerprint density at radius 2 is 1.69 bits per heavy atom. The fourth-order valence-electron chi connectivity index (χ4n) is 2.87. The van der Waals surface area contributed by atoms with Crippen LogP contribution in [-0.2, 0) is 26.7 Å². The molecule has 3 aromatic rings. The van der Waals surface area contributed by atoms with Gasteiger partial charge in [-0.2, -0.15) is 0 Å². The van der Waals surface area contributed by atoms with Crippen LogP contribution in [0.3, 0.4) is 0 Å². The van der Waals surface area contributed by atoms with Gasteiger partial charge in [0.25, 0.3) is 0 Å². The van der Waals surface area contributed by atoms with Crippen LogP contribution in [0, 0.1) is 13.8 Å². The predicted octanol–water partition coefficient (Wildman–Crippen LogP) is 3.83. The SMILES string of the molecule is Cc1ccc(CN(C)C(=NCc2ccccc2)NCc2nnc(C)n2C)cc1.I. The third kappa shape index (κ3) is 6.56. The van der Waals surface area contributed by atoms with Crippen molar-refractivity contribution in [2.75, 3.05) is 7.05 Å². The van der Waals surface area contributed by atoms with Gasteiger partial charge in [-0.25, -0.2) is 4.99 Å². The molecule has 7 heteroatoms. The highest BCUT2D eigenvalue weighted by Crippen LogP contribution is 2.08. The van der Waals surface area contributed by atoms with E-state index in [4.69, 9.17) is 4.99 Å². The molecule has 0 unspecified atom stereocenters. The topological polar surface area (TPSA) is 58.3 Å². The molecule has 0 aliphatic rings. The average Bonchev–Trinajstić information content (AvgIpc) is 3.02. The van der Waals surface area contributed by atoms with Gasteiger partial charge in [0.15, 0.2) is 11.8 Å². The van der Waals surface area contributed by atoms with Crippen molar-refractivity contribution < 1.29 is 0 Å². The zero-order valence-corrected chi connectivity index (χ0v) is 19.8. The number of aryl methyl sites for hydroxylation is 2. The van der Waals surface area contributed by atoms with Crippen molar-refractivity contribution in [1.82, 2.24) is 25.0 Å². The van der Waals surface area contributed by atoms with Crippen LogP contribution >= 0.6 is 24.0 Å². The van der Waals surface area contributed by atoms with E-state index in [0.717, 1.165) is 24.2 Å². The van der Waals surface area contributed by atoms with Crippen LogP contribution in [-0.4, -0.2) is 32.7 Å². The summed E-state index contributed by atoms with van der Waals surface area (Å²) in [6, 6.07) is 18.9. The Morgan fingerprint density at radius 3 is 2.31 bits per heavy atom. The lowest BCUT2D eigenvalue weighted by atomic mass is 10.1. The van der Waals surface area contributed by atoms with Gasteiger partial charge < -0.3 is 14.8 Å². The first-order chi connectivity index (χ1) is 13.5. The van der Waals surface area contributed by atoms with Crippen molar-refractivity contribution in [1.29, 1.82) is 0 Å². The van der Waals surface area contributed by atoms with Crippen LogP contribution in [0.25, 0.3) is 0 Å². The second-order valence-corrected chi connectivity index (χ2v) is 7.04. The second kappa shape index (κ2) is 10.9. The molecule has 154 valence electrons. The lowest BCUT2D eigenvalue weighted by molar-refractivity contribution is 0.472. The number of aromatic nitrogens is 3. The normalized spacial score (nSPS) is 11.1. The van der Waals surface area contributed by atoms with E-state index in [1.54, 1.807) is 0 Å². The maximum atomic E-state index is 4.83. The third-order valence-corrected chi connectivity index (χ3v) is 4.74. The molecule has 6 nitrogen and oxygen atoms in total. The molecule has 0 bridgehead atoms. The summed E-state index contributed by atoms with van der Waals surface area (Å²) in [5.74, 6) is 2.62. The summed E-state index contributed by atoms with van der Waals surface area (Å²) in [4.78, 5) is 6.97. The Bertz CT molecular complexity index is 918. The fraction of sp³-hybridized carbons (Fsp3) is 0.318. The van der Waals surface area contributed by atoms with Gasteiger partial charge in [-0.15, -0.1) is 34.2 Å². The molecule has 0 fully saturated rings. The molecule has 0 saturated carbocycles. The monoisotopic (exact) mass is 504 g/mol. The smallest absolute Gasteiger partial charge is 0.194 e. The van der Waals surface area contributed by atoms with Crippen molar-refractivity contribution >= 4 is 29.9 Å². The molecule has 0 saturated heterocycles. The first-order valence-corrected chi connectivity index (χ1v) is 9.46. The number of guanidine groups is 1. The van der Waals surface area contributed by atoms with Gasteiger partial charge >= 0.3 is 0 Å². The summed E-state index contributed by atoms with van der Waals surface area (Å²) >= 11 is 0. The molecule has 0 aliphatic heterocycles. The van der Waals surface area contributed by atoms with Gasteiger partial charge in [0.2, 0.25) is 0 Å². The van der Waals surface area contributed by atoms with Crippen LogP contribution in [0.15, 0.2) is 59.6 Å². The molecular weight excluding hydrogens is 475 g/mol. The standard InChI is InChI=1S/C22H28N6.HI/c1-17-10-12-20(13-11-17)16-27(3)22(23-14-19-8-6-5-7-9-19)24-15-21-26-25-18(2)28(21)4;/h5-13H,14-16H2,1-4H3,(H,23,24);1H. The van der Waals surface area contributed by atoms with Gasteiger partial charge in [-0.3, -0.25) is 0 Å². The molecule has 0 radical (unpaired) electrons. The van der Waals surface area contributed by atoms with Gasteiger partial charge in [0.05, 0.1) is 13.1 Å². The van der Waals surface area contributed by atoms with Crippen LogP contribution < -0.4 is 5.32 Å². The quantitative estimate of drug-likeness (QED) is 0.315. The molecule has 3 rings (SSSR count). The van der Waals surface area contributed by atoms with Gasteiger partial charge in [-0.1, -0.05) is 60.2 Å². The molecule has 2 aromatic carbocycles. The van der Waals surface area contributed by atoms with Crippen LogP contribution in [0.2, 0.25) is 0 Å². The van der Waals surface area contributed by atoms with Crippen LogP contribution in [0.5, 0.6) is 0 Å². The van der Waals surface area contributed by atoms with E-state index >= 15 is 0 Å². The number of hydrogen-bond acceptors (Lipinski definition) is 3. The zero-order chi connectivity index (χ0) is 19.9. The number of rotatable bonds is 6. The van der Waals surface area contributed by atoms with Crippen molar-refractivity contribution in [3.05, 3.63) is 82.9 Å². The highest BCUT2D eigenvalue weighted by molar-refractivity contribution is 14.0. The summed E-state index contributed by atoms with van der Waals surface area (Å²) in [5, 5.41) is 11.8. The minimum atomic E-state index is 0. The highest BCUT2D eigenvalue weighted by atomic mass is 127. The first-order valence-electron chi connectivity index (χ1n) is 9.46. The first kappa shape index (κ1) is 22.9. The van der Waals surface area contributed by atoms with E-state index in [1.807, 2.05) is 36.7 Å². The fourth-order valence-corrected chi connectivity index (χ4v) is 2.87. The largest absolute Gasteiger partial charge is 0.349 e. The molecule has 1 heterocycles. The van der Waals surface area contributed by atoms with Crippen molar-refractivity contribution in [3.8, 4) is 0 Å². The lowest BCUT2D eigenvalue weighted by Crippen LogP contribution is -2.38. The minimum absolute atomic E-state index is 0. The molecule has 0 aliphatic carbocycles. The maximum absolute atomic E-state index is 4.83. The summed E-state index contributed by atoms with van der Waals surface area (Å²) in [7, 11) is 4.03. The van der Waals surface area contributed by atoms with Crippen LogP contribution in [0.4, 0.5) is 0 Å². The van der Waals surface area contributed by atoms with Gasteiger partial charge in [0.1, 0.15) is 5.82 Å². The molecule has 1 aromatic heterocycles. The Balaban J connectivity index is 0.00000300. The Morgan fingerprint density at radius 1 is 1.00 bits per heavy atom. The summed E-state index contributed by atoms with van der Waals surface area (Å²) in [5.41, 5.74) is 3.69. The molecule has 0 spiro atoms. The van der Waals surface area contributed by atoms with E-state index in [0.29, 0.717) is 13.1 Å². The van der Waals surface area contributed by atoms with Crippen LogP contribution in [0.1, 0.15) is 28.3 Å². The molecule has 29 heavy (non-hydrogen) atoms. The van der Waals surface area contributed by atoms with Crippen molar-refractivity contribution in [3.63, 3.8) is 0 Å². The summed E-state index contributed by atoms with van der Waals surface area (Å²) in [6.07, 6.45) is 0. The summed E-state index contributed by atoms with van der Waals surface area (Å²) in [6.45, 7) is 6.02. The molecule has 0 atom stereocenters. The average molecular weight is 504 g/mol. The van der Waals surface area contributed by atoms with E-state index in [1.165, 1.54) is 16.7 Å². The second-order valence-electron chi connectivity index (χ2n) is 7.04. The number of hydrogen-bond donors (Lipinski definition) is 1. The van der Waals surface area contributed by atoms with E-state index < -0.39 is 0 Å². The number of nitrogens with one attached hydrogen (secondary N) is 1. The van der Waals surface area contributed by atoms with Crippen molar-refractivity contribution in [2.45, 2.75) is 33.5 Å². The Kier molecular flexibility index (Phi) is 8.63. The molecule has 1 N–H and O–H groups in total. The minimum Gasteiger partial charge on any atom is -0.349 e. The number of nitrogens with zero attached hydrogens (tertiary/aromatic N) is 5. The maximum Gasteiger partial charge on any atom is 0.194 e. The molecule has 0 amide bonds. The van der Waals surface area contributed by atoms with Crippen molar-refractivity contribution in [2.24, 2.45) is 12.0 Å². The number of benzene rings is 2. The van der Waals surface area contributed by atoms with E-state index in [-0.39, 0.29) is 24.0 Å². The predicted molar refractivity (Wildman–Crippen MR) is 128 cm³/mol. The third-order valence-electron chi connectivity index (χ3n) is 4.74. The molecular formula is C22H29IN6. The highest BCUT2D eigenvalue weighted by Gasteiger charge is 2.10. The number of halogens is 1. The van der Waals surface area contributed by atoms with Gasteiger partial charge in [0, 0.05) is 20.6 Å². The lowest BCUT2D eigenvalue weighted by Gasteiger charge is -2.22. The number of aliphatic imine (C=N–C) groups is 1. The zero-order valence-electron chi connectivity index (χ0n) is 17.5.